The summed E-state index contributed by atoms with van der Waals surface area (Å²) in [6, 6.07) is 9.32. The summed E-state index contributed by atoms with van der Waals surface area (Å²) in [6.07, 6.45) is 1.57. The van der Waals surface area contributed by atoms with Gasteiger partial charge in [0.1, 0.15) is 5.75 Å². The molecular weight excluding hydrogens is 240 g/mol. The second-order valence-electron chi connectivity index (χ2n) is 4.28. The summed E-state index contributed by atoms with van der Waals surface area (Å²) in [5, 5.41) is 2.89. The van der Waals surface area contributed by atoms with E-state index in [-0.39, 0.29) is 11.6 Å². The first-order valence-corrected chi connectivity index (χ1v) is 6.00. The first-order chi connectivity index (χ1) is 9.13. The molecule has 1 N–H and O–H groups in total. The number of rotatable bonds is 3. The topological polar surface area (TPSA) is 51.2 Å². The molecule has 4 nitrogen and oxygen atoms in total. The highest BCUT2D eigenvalue weighted by atomic mass is 16.5. The van der Waals surface area contributed by atoms with Crippen molar-refractivity contribution in [2.24, 2.45) is 0 Å². The fourth-order valence-corrected chi connectivity index (χ4v) is 1.91. The molecule has 0 bridgehead atoms. The minimum atomic E-state index is -0.269. The number of aryl methyl sites for hydroxylation is 2. The number of benzene rings is 1. The second-order valence-corrected chi connectivity index (χ2v) is 4.28. The van der Waals surface area contributed by atoms with E-state index in [4.69, 9.17) is 4.74 Å². The summed E-state index contributed by atoms with van der Waals surface area (Å²) in [5.41, 5.74) is 3.14. The zero-order valence-corrected chi connectivity index (χ0v) is 11.2. The summed E-state index contributed by atoms with van der Waals surface area (Å²) in [5.74, 6) is 0.195. The number of anilines is 1. The molecule has 0 saturated carbocycles. The SMILES string of the molecule is COc1cccnc1C(=O)Nc1c(C)cccc1C. The molecule has 0 aliphatic heterocycles. The molecule has 4 heteroatoms. The highest BCUT2D eigenvalue weighted by Gasteiger charge is 2.15. The van der Waals surface area contributed by atoms with Crippen molar-refractivity contribution in [1.29, 1.82) is 0 Å². The fraction of sp³-hybridized carbons (Fsp3) is 0.200. The number of para-hydroxylation sites is 1. The van der Waals surface area contributed by atoms with Crippen LogP contribution >= 0.6 is 0 Å². The molecule has 1 heterocycles. The van der Waals surface area contributed by atoms with Crippen molar-refractivity contribution in [1.82, 2.24) is 4.98 Å². The number of hydrogen-bond donors (Lipinski definition) is 1. The number of nitrogens with one attached hydrogen (secondary N) is 1. The van der Waals surface area contributed by atoms with Crippen LogP contribution in [0, 0.1) is 13.8 Å². The summed E-state index contributed by atoms with van der Waals surface area (Å²) >= 11 is 0. The summed E-state index contributed by atoms with van der Waals surface area (Å²) < 4.78 is 5.14. The predicted molar refractivity (Wildman–Crippen MR) is 74.7 cm³/mol. The molecule has 0 spiro atoms. The van der Waals surface area contributed by atoms with Crippen LogP contribution in [0.15, 0.2) is 36.5 Å². The lowest BCUT2D eigenvalue weighted by molar-refractivity contribution is 0.101. The third-order valence-corrected chi connectivity index (χ3v) is 2.93. The zero-order chi connectivity index (χ0) is 13.8. The highest BCUT2D eigenvalue weighted by molar-refractivity contribution is 6.05. The van der Waals surface area contributed by atoms with Gasteiger partial charge in [-0.15, -0.1) is 0 Å². The average molecular weight is 256 g/mol. The van der Waals surface area contributed by atoms with Crippen LogP contribution in [0.4, 0.5) is 5.69 Å². The fourth-order valence-electron chi connectivity index (χ4n) is 1.91. The summed E-state index contributed by atoms with van der Waals surface area (Å²) in [7, 11) is 1.52. The molecule has 98 valence electrons. The lowest BCUT2D eigenvalue weighted by atomic mass is 10.1. The van der Waals surface area contributed by atoms with E-state index in [1.54, 1.807) is 18.3 Å². The van der Waals surface area contributed by atoms with Gasteiger partial charge in [0.25, 0.3) is 5.91 Å². The molecule has 0 atom stereocenters. The third kappa shape index (κ3) is 2.73. The number of carbonyl (C=O) groups is 1. The van der Waals surface area contributed by atoms with Gasteiger partial charge >= 0.3 is 0 Å². The molecule has 0 radical (unpaired) electrons. The maximum Gasteiger partial charge on any atom is 0.278 e. The summed E-state index contributed by atoms with van der Waals surface area (Å²) in [4.78, 5) is 16.3. The molecular formula is C15H16N2O2. The van der Waals surface area contributed by atoms with E-state index in [0.29, 0.717) is 5.75 Å². The number of aromatic nitrogens is 1. The Morgan fingerprint density at radius 2 is 1.84 bits per heavy atom. The van der Waals surface area contributed by atoms with Gasteiger partial charge in [-0.2, -0.15) is 0 Å². The van der Waals surface area contributed by atoms with Crippen LogP contribution in [0.25, 0.3) is 0 Å². The second kappa shape index (κ2) is 5.52. The molecule has 0 aliphatic carbocycles. The Hall–Kier alpha value is -2.36. The van der Waals surface area contributed by atoms with Gasteiger partial charge in [-0.1, -0.05) is 18.2 Å². The Bertz CT molecular complexity index is 589. The molecule has 1 aromatic heterocycles. The van der Waals surface area contributed by atoms with Gasteiger partial charge in [0.2, 0.25) is 0 Å². The van der Waals surface area contributed by atoms with E-state index in [9.17, 15) is 4.79 Å². The van der Waals surface area contributed by atoms with Crippen molar-refractivity contribution in [2.75, 3.05) is 12.4 Å². The van der Waals surface area contributed by atoms with Crippen molar-refractivity contribution >= 4 is 11.6 Å². The van der Waals surface area contributed by atoms with Crippen LogP contribution in [-0.2, 0) is 0 Å². The Morgan fingerprint density at radius 1 is 1.16 bits per heavy atom. The molecule has 1 aromatic carbocycles. The molecule has 0 fully saturated rings. The van der Waals surface area contributed by atoms with Crippen LogP contribution in [0.2, 0.25) is 0 Å². The zero-order valence-electron chi connectivity index (χ0n) is 11.2. The van der Waals surface area contributed by atoms with Crippen LogP contribution in [0.1, 0.15) is 21.6 Å². The number of ether oxygens (including phenoxy) is 1. The van der Waals surface area contributed by atoms with E-state index >= 15 is 0 Å². The molecule has 2 rings (SSSR count). The lowest BCUT2D eigenvalue weighted by Gasteiger charge is -2.12. The minimum Gasteiger partial charge on any atom is -0.494 e. The predicted octanol–water partition coefficient (Wildman–Crippen LogP) is 2.96. The number of methoxy groups -OCH3 is 1. The maximum absolute atomic E-state index is 12.2. The number of pyridine rings is 1. The van der Waals surface area contributed by atoms with Crippen LogP contribution in [0.5, 0.6) is 5.75 Å². The van der Waals surface area contributed by atoms with E-state index in [1.165, 1.54) is 7.11 Å². The lowest BCUT2D eigenvalue weighted by Crippen LogP contribution is -2.16. The minimum absolute atomic E-state index is 0.269. The Balaban J connectivity index is 2.31. The number of amides is 1. The van der Waals surface area contributed by atoms with Crippen LogP contribution in [-0.4, -0.2) is 18.0 Å². The van der Waals surface area contributed by atoms with E-state index < -0.39 is 0 Å². The maximum atomic E-state index is 12.2. The van der Waals surface area contributed by atoms with Crippen LogP contribution in [0.3, 0.4) is 0 Å². The first kappa shape index (κ1) is 13.1. The van der Waals surface area contributed by atoms with Gasteiger partial charge in [0.15, 0.2) is 5.69 Å². The third-order valence-electron chi connectivity index (χ3n) is 2.93. The van der Waals surface area contributed by atoms with Gasteiger partial charge in [0, 0.05) is 11.9 Å². The quantitative estimate of drug-likeness (QED) is 0.918. The summed E-state index contributed by atoms with van der Waals surface area (Å²) in [6.45, 7) is 3.91. The number of carbonyl (C=O) groups excluding carboxylic acids is 1. The highest BCUT2D eigenvalue weighted by Crippen LogP contribution is 2.22. The Kier molecular flexibility index (Phi) is 3.80. The van der Waals surface area contributed by atoms with Crippen LogP contribution < -0.4 is 10.1 Å². The average Bonchev–Trinajstić information content (AvgIpc) is 2.42. The van der Waals surface area contributed by atoms with Crippen molar-refractivity contribution in [3.63, 3.8) is 0 Å². The van der Waals surface area contributed by atoms with E-state index in [0.717, 1.165) is 16.8 Å². The first-order valence-electron chi connectivity index (χ1n) is 6.00. The van der Waals surface area contributed by atoms with Crippen molar-refractivity contribution in [2.45, 2.75) is 13.8 Å². The number of nitrogens with zero attached hydrogens (tertiary/aromatic N) is 1. The molecule has 0 unspecified atom stereocenters. The van der Waals surface area contributed by atoms with Crippen molar-refractivity contribution < 1.29 is 9.53 Å². The standard InChI is InChI=1S/C15H16N2O2/c1-10-6-4-7-11(2)13(10)17-15(18)14-12(19-3)8-5-9-16-14/h4-9H,1-3H3,(H,17,18). The van der Waals surface area contributed by atoms with Gasteiger partial charge in [-0.25, -0.2) is 4.98 Å². The number of hydrogen-bond acceptors (Lipinski definition) is 3. The molecule has 19 heavy (non-hydrogen) atoms. The van der Waals surface area contributed by atoms with Crippen molar-refractivity contribution in [3.05, 3.63) is 53.3 Å². The molecule has 0 saturated heterocycles. The molecule has 0 aliphatic rings. The molecule has 1 amide bonds. The molecule has 2 aromatic rings. The van der Waals surface area contributed by atoms with E-state index in [2.05, 4.69) is 10.3 Å². The van der Waals surface area contributed by atoms with Gasteiger partial charge in [-0.05, 0) is 37.1 Å². The smallest absolute Gasteiger partial charge is 0.278 e. The van der Waals surface area contributed by atoms with Gasteiger partial charge < -0.3 is 10.1 Å². The van der Waals surface area contributed by atoms with Crippen molar-refractivity contribution in [3.8, 4) is 5.75 Å². The Labute approximate surface area is 112 Å². The largest absolute Gasteiger partial charge is 0.494 e. The van der Waals surface area contributed by atoms with E-state index in [1.807, 2.05) is 32.0 Å². The monoisotopic (exact) mass is 256 g/mol. The van der Waals surface area contributed by atoms with Gasteiger partial charge in [-0.3, -0.25) is 4.79 Å². The Morgan fingerprint density at radius 3 is 2.47 bits per heavy atom. The normalized spacial score (nSPS) is 10.1. The van der Waals surface area contributed by atoms with Gasteiger partial charge in [0.05, 0.1) is 7.11 Å².